The third kappa shape index (κ3) is 8.13. The molecule has 110 valence electrons. The molecule has 0 aliphatic carbocycles. The van der Waals surface area contributed by atoms with Crippen LogP contribution in [-0.2, 0) is 0 Å². The van der Waals surface area contributed by atoms with Gasteiger partial charge in [0.25, 0.3) is 0 Å². The predicted molar refractivity (Wildman–Crippen MR) is 83.9 cm³/mol. The smallest absolute Gasteiger partial charge is 0.0786 e. The Bertz CT molecular complexity index is 176. The lowest BCUT2D eigenvalue weighted by atomic mass is 10.1. The average Bonchev–Trinajstić information content (AvgIpc) is 2.34. The van der Waals surface area contributed by atoms with Crippen LogP contribution >= 0.6 is 0 Å². The van der Waals surface area contributed by atoms with Crippen LogP contribution in [0.5, 0.6) is 0 Å². The van der Waals surface area contributed by atoms with Crippen LogP contribution in [0.4, 0.5) is 0 Å². The highest BCUT2D eigenvalue weighted by Gasteiger charge is 2.23. The molecule has 0 radical (unpaired) electrons. The Kier molecular flexibility index (Phi) is 10.8. The van der Waals surface area contributed by atoms with E-state index in [-0.39, 0.29) is 0 Å². The van der Waals surface area contributed by atoms with Gasteiger partial charge in [-0.2, -0.15) is 0 Å². The highest BCUT2D eigenvalue weighted by atomic mass is 15.3. The van der Waals surface area contributed by atoms with E-state index in [4.69, 9.17) is 0 Å². The zero-order valence-electron chi connectivity index (χ0n) is 13.8. The third-order valence-electron chi connectivity index (χ3n) is 4.27. The van der Waals surface area contributed by atoms with Crippen molar-refractivity contribution in [2.45, 2.75) is 79.6 Å². The molecule has 0 fully saturated rings. The molecule has 0 spiro atoms. The standard InChI is InChI=1S/C17H38N/c1-6-9-10-11-15-18(8-3,14-7-2)16-12-13-17(4)5/h17H,6-16H2,1-5H3/q+1. The molecular weight excluding hydrogens is 218 g/mol. The molecule has 18 heavy (non-hydrogen) atoms. The van der Waals surface area contributed by atoms with Gasteiger partial charge in [-0.3, -0.25) is 0 Å². The summed E-state index contributed by atoms with van der Waals surface area (Å²) in [5.74, 6) is 0.866. The van der Waals surface area contributed by atoms with Gasteiger partial charge in [-0.1, -0.05) is 40.5 Å². The lowest BCUT2D eigenvalue weighted by Crippen LogP contribution is -2.49. The summed E-state index contributed by atoms with van der Waals surface area (Å²) < 4.78 is 1.38. The molecule has 0 amide bonds. The highest BCUT2D eigenvalue weighted by molar-refractivity contribution is 4.50. The fourth-order valence-electron chi connectivity index (χ4n) is 2.99. The van der Waals surface area contributed by atoms with Gasteiger partial charge in [-0.05, 0) is 44.9 Å². The molecule has 0 aromatic rings. The van der Waals surface area contributed by atoms with Crippen LogP contribution in [0.25, 0.3) is 0 Å². The lowest BCUT2D eigenvalue weighted by molar-refractivity contribution is -0.927. The molecule has 0 heterocycles. The topological polar surface area (TPSA) is 0 Å². The Morgan fingerprint density at radius 3 is 1.89 bits per heavy atom. The molecule has 1 heteroatoms. The zero-order valence-corrected chi connectivity index (χ0v) is 13.8. The largest absolute Gasteiger partial charge is 0.324 e. The molecule has 0 saturated carbocycles. The third-order valence-corrected chi connectivity index (χ3v) is 4.27. The van der Waals surface area contributed by atoms with E-state index in [1.165, 1.54) is 75.6 Å². The molecule has 0 rings (SSSR count). The Balaban J connectivity index is 4.13. The second kappa shape index (κ2) is 10.8. The maximum Gasteiger partial charge on any atom is 0.0786 e. The first-order chi connectivity index (χ1) is 8.60. The van der Waals surface area contributed by atoms with Crippen molar-refractivity contribution in [1.82, 2.24) is 0 Å². The van der Waals surface area contributed by atoms with E-state index < -0.39 is 0 Å². The molecule has 1 nitrogen and oxygen atoms in total. The Morgan fingerprint density at radius 1 is 0.722 bits per heavy atom. The molecule has 1 atom stereocenters. The van der Waals surface area contributed by atoms with Crippen LogP contribution in [0.15, 0.2) is 0 Å². The fourth-order valence-corrected chi connectivity index (χ4v) is 2.99. The number of hydrogen-bond acceptors (Lipinski definition) is 0. The normalized spacial score (nSPS) is 15.0. The first kappa shape index (κ1) is 18.0. The summed E-state index contributed by atoms with van der Waals surface area (Å²) in [7, 11) is 0. The maximum atomic E-state index is 2.39. The van der Waals surface area contributed by atoms with Crippen LogP contribution in [0.1, 0.15) is 79.6 Å². The monoisotopic (exact) mass is 256 g/mol. The van der Waals surface area contributed by atoms with E-state index in [0.717, 1.165) is 5.92 Å². The van der Waals surface area contributed by atoms with Gasteiger partial charge in [0, 0.05) is 0 Å². The molecule has 0 saturated heterocycles. The summed E-state index contributed by atoms with van der Waals surface area (Å²) in [6.45, 7) is 17.3. The van der Waals surface area contributed by atoms with Gasteiger partial charge in [-0.15, -0.1) is 0 Å². The number of quaternary nitrogens is 1. The SMILES string of the molecule is CCCCCC[N+](CC)(CCC)CCCC(C)C. The summed E-state index contributed by atoms with van der Waals surface area (Å²) in [4.78, 5) is 0. The minimum atomic E-state index is 0.866. The van der Waals surface area contributed by atoms with E-state index in [9.17, 15) is 0 Å². The quantitative estimate of drug-likeness (QED) is 0.330. The second-order valence-electron chi connectivity index (χ2n) is 6.43. The van der Waals surface area contributed by atoms with Gasteiger partial charge >= 0.3 is 0 Å². The van der Waals surface area contributed by atoms with Gasteiger partial charge in [-0.25, -0.2) is 0 Å². The molecule has 0 aromatic heterocycles. The second-order valence-corrected chi connectivity index (χ2v) is 6.43. The summed E-state index contributed by atoms with van der Waals surface area (Å²) >= 11 is 0. The molecule has 1 unspecified atom stereocenters. The number of unbranched alkanes of at least 4 members (excludes halogenated alkanes) is 3. The van der Waals surface area contributed by atoms with Gasteiger partial charge < -0.3 is 4.48 Å². The van der Waals surface area contributed by atoms with Gasteiger partial charge in [0.15, 0.2) is 0 Å². The predicted octanol–water partition coefficient (Wildman–Crippen LogP) is 5.25. The first-order valence-electron chi connectivity index (χ1n) is 8.45. The van der Waals surface area contributed by atoms with Crippen molar-refractivity contribution in [2.24, 2.45) is 5.92 Å². The summed E-state index contributed by atoms with van der Waals surface area (Å²) in [5, 5.41) is 0. The number of nitrogens with zero attached hydrogens (tertiary/aromatic N) is 1. The molecule has 0 aromatic carbocycles. The summed E-state index contributed by atoms with van der Waals surface area (Å²) in [5.41, 5.74) is 0. The number of hydrogen-bond donors (Lipinski definition) is 0. The van der Waals surface area contributed by atoms with Crippen molar-refractivity contribution in [2.75, 3.05) is 26.2 Å². The summed E-state index contributed by atoms with van der Waals surface area (Å²) in [6, 6.07) is 0. The lowest BCUT2D eigenvalue weighted by Gasteiger charge is -2.38. The average molecular weight is 256 g/mol. The van der Waals surface area contributed by atoms with E-state index in [0.29, 0.717) is 0 Å². The molecule has 0 aliphatic heterocycles. The van der Waals surface area contributed by atoms with Crippen LogP contribution < -0.4 is 0 Å². The maximum absolute atomic E-state index is 2.39. The first-order valence-corrected chi connectivity index (χ1v) is 8.45. The molecule has 0 bridgehead atoms. The van der Waals surface area contributed by atoms with Crippen LogP contribution in [-0.4, -0.2) is 30.7 Å². The fraction of sp³-hybridized carbons (Fsp3) is 1.00. The molecular formula is C17H38N+. The van der Waals surface area contributed by atoms with Gasteiger partial charge in [0.1, 0.15) is 0 Å². The van der Waals surface area contributed by atoms with Crippen molar-refractivity contribution >= 4 is 0 Å². The highest BCUT2D eigenvalue weighted by Crippen LogP contribution is 2.16. The molecule has 0 N–H and O–H groups in total. The Labute approximate surface area is 117 Å². The van der Waals surface area contributed by atoms with Crippen molar-refractivity contribution in [3.8, 4) is 0 Å². The number of rotatable bonds is 12. The van der Waals surface area contributed by atoms with Crippen LogP contribution in [0, 0.1) is 5.92 Å². The van der Waals surface area contributed by atoms with Gasteiger partial charge in [0.05, 0.1) is 26.2 Å². The van der Waals surface area contributed by atoms with E-state index in [1.54, 1.807) is 0 Å². The molecule has 0 aliphatic rings. The van der Waals surface area contributed by atoms with Crippen molar-refractivity contribution < 1.29 is 4.48 Å². The van der Waals surface area contributed by atoms with Gasteiger partial charge in [0.2, 0.25) is 0 Å². The van der Waals surface area contributed by atoms with Crippen LogP contribution in [0.2, 0.25) is 0 Å². The van der Waals surface area contributed by atoms with E-state index >= 15 is 0 Å². The zero-order chi connectivity index (χ0) is 13.9. The van der Waals surface area contributed by atoms with E-state index in [1.807, 2.05) is 0 Å². The van der Waals surface area contributed by atoms with Crippen molar-refractivity contribution in [3.63, 3.8) is 0 Å². The Morgan fingerprint density at radius 2 is 1.39 bits per heavy atom. The van der Waals surface area contributed by atoms with E-state index in [2.05, 4.69) is 34.6 Å². The van der Waals surface area contributed by atoms with Crippen LogP contribution in [0.3, 0.4) is 0 Å². The Hall–Kier alpha value is -0.0400. The summed E-state index contributed by atoms with van der Waals surface area (Å²) in [6.07, 6.45) is 9.80. The minimum Gasteiger partial charge on any atom is -0.324 e. The van der Waals surface area contributed by atoms with Crippen molar-refractivity contribution in [3.05, 3.63) is 0 Å². The minimum absolute atomic E-state index is 0.866. The van der Waals surface area contributed by atoms with Crippen molar-refractivity contribution in [1.29, 1.82) is 0 Å².